The van der Waals surface area contributed by atoms with Gasteiger partial charge in [0.1, 0.15) is 18.1 Å². The molecule has 2 rings (SSSR count). The van der Waals surface area contributed by atoms with Gasteiger partial charge in [-0.2, -0.15) is 0 Å². The summed E-state index contributed by atoms with van der Waals surface area (Å²) in [5, 5.41) is 10.9. The summed E-state index contributed by atoms with van der Waals surface area (Å²) in [6.07, 6.45) is 0. The van der Waals surface area contributed by atoms with Gasteiger partial charge in [0.15, 0.2) is 0 Å². The molecule has 0 atom stereocenters. The molecule has 90 valence electrons. The van der Waals surface area contributed by atoms with E-state index in [0.29, 0.717) is 6.61 Å². The molecule has 0 aliphatic rings. The van der Waals surface area contributed by atoms with Crippen LogP contribution in [0.3, 0.4) is 0 Å². The summed E-state index contributed by atoms with van der Waals surface area (Å²) in [7, 11) is 1.66. The quantitative estimate of drug-likeness (QED) is 0.880. The second-order valence-electron chi connectivity index (χ2n) is 3.84. The fourth-order valence-electron chi connectivity index (χ4n) is 1.96. The monoisotopic (exact) mass is 232 g/mol. The van der Waals surface area contributed by atoms with Gasteiger partial charge >= 0.3 is 0 Å². The van der Waals surface area contributed by atoms with Crippen molar-refractivity contribution in [2.24, 2.45) is 0 Å². The summed E-state index contributed by atoms with van der Waals surface area (Å²) in [6, 6.07) is 9.88. The van der Waals surface area contributed by atoms with Crippen LogP contribution in [0, 0.1) is 6.92 Å². The lowest BCUT2D eigenvalue weighted by atomic mass is 10.0. The Morgan fingerprint density at radius 2 is 1.88 bits per heavy atom. The molecule has 0 aliphatic carbocycles. The zero-order valence-electron chi connectivity index (χ0n) is 10.1. The number of aliphatic hydroxyl groups excluding tert-OH is 1. The number of aryl methyl sites for hydroxylation is 1. The number of rotatable bonds is 4. The van der Waals surface area contributed by atoms with E-state index in [-0.39, 0.29) is 6.61 Å². The van der Waals surface area contributed by atoms with Crippen molar-refractivity contribution in [3.8, 4) is 11.5 Å². The summed E-state index contributed by atoms with van der Waals surface area (Å²) >= 11 is 0. The number of benzene rings is 2. The maximum absolute atomic E-state index is 8.84. The van der Waals surface area contributed by atoms with Crippen molar-refractivity contribution in [1.29, 1.82) is 0 Å². The van der Waals surface area contributed by atoms with Gasteiger partial charge in [-0.05, 0) is 18.6 Å². The first-order chi connectivity index (χ1) is 8.27. The molecule has 0 fully saturated rings. The van der Waals surface area contributed by atoms with E-state index in [0.717, 1.165) is 27.8 Å². The molecule has 1 N–H and O–H groups in total. The van der Waals surface area contributed by atoms with E-state index in [1.807, 2.05) is 37.3 Å². The van der Waals surface area contributed by atoms with E-state index in [4.69, 9.17) is 14.6 Å². The molecule has 2 aromatic carbocycles. The molecule has 0 saturated carbocycles. The van der Waals surface area contributed by atoms with Gasteiger partial charge in [-0.3, -0.25) is 0 Å². The number of fused-ring (bicyclic) bond motifs is 1. The second kappa shape index (κ2) is 5.06. The van der Waals surface area contributed by atoms with E-state index < -0.39 is 0 Å². The molecule has 0 unspecified atom stereocenters. The highest BCUT2D eigenvalue weighted by molar-refractivity contribution is 5.94. The fourth-order valence-corrected chi connectivity index (χ4v) is 1.96. The highest BCUT2D eigenvalue weighted by Crippen LogP contribution is 2.36. The zero-order valence-corrected chi connectivity index (χ0v) is 10.1. The molecule has 0 spiro atoms. The van der Waals surface area contributed by atoms with Gasteiger partial charge in [0.25, 0.3) is 0 Å². The Balaban J connectivity index is 2.62. The van der Waals surface area contributed by atoms with Crippen LogP contribution in [0.5, 0.6) is 11.5 Å². The predicted octanol–water partition coefficient (Wildman–Crippen LogP) is 2.53. The smallest absolute Gasteiger partial charge is 0.130 e. The van der Waals surface area contributed by atoms with Crippen LogP contribution in [-0.2, 0) is 0 Å². The number of methoxy groups -OCH3 is 1. The van der Waals surface area contributed by atoms with Crippen molar-refractivity contribution in [3.63, 3.8) is 0 Å². The maximum atomic E-state index is 8.84. The van der Waals surface area contributed by atoms with Gasteiger partial charge in [0, 0.05) is 10.8 Å². The Hall–Kier alpha value is -1.74. The summed E-state index contributed by atoms with van der Waals surface area (Å²) < 4.78 is 11.0. The Morgan fingerprint density at radius 3 is 2.53 bits per heavy atom. The maximum Gasteiger partial charge on any atom is 0.130 e. The number of hydrogen-bond acceptors (Lipinski definition) is 3. The van der Waals surface area contributed by atoms with E-state index in [1.165, 1.54) is 0 Å². The van der Waals surface area contributed by atoms with Crippen LogP contribution in [0.4, 0.5) is 0 Å². The van der Waals surface area contributed by atoms with E-state index in [9.17, 15) is 0 Å². The number of ether oxygens (including phenoxy) is 2. The first kappa shape index (κ1) is 11.7. The van der Waals surface area contributed by atoms with Crippen LogP contribution in [0.25, 0.3) is 10.8 Å². The molecule has 0 saturated heterocycles. The lowest BCUT2D eigenvalue weighted by molar-refractivity contribution is 0.202. The lowest BCUT2D eigenvalue weighted by Crippen LogP contribution is -2.03. The minimum atomic E-state index is 0.0137. The molecular weight excluding hydrogens is 216 g/mol. The summed E-state index contributed by atoms with van der Waals surface area (Å²) in [4.78, 5) is 0. The van der Waals surface area contributed by atoms with E-state index >= 15 is 0 Å². The van der Waals surface area contributed by atoms with Gasteiger partial charge < -0.3 is 14.6 Å². The first-order valence-corrected chi connectivity index (χ1v) is 5.58. The molecule has 0 aliphatic heterocycles. The largest absolute Gasteiger partial charge is 0.496 e. The van der Waals surface area contributed by atoms with Crippen LogP contribution < -0.4 is 9.47 Å². The summed E-state index contributed by atoms with van der Waals surface area (Å²) in [6.45, 7) is 2.29. The van der Waals surface area contributed by atoms with Crippen LogP contribution in [0.1, 0.15) is 5.56 Å². The number of hydrogen-bond donors (Lipinski definition) is 1. The predicted molar refractivity (Wildman–Crippen MR) is 67.8 cm³/mol. The summed E-state index contributed by atoms with van der Waals surface area (Å²) in [5.41, 5.74) is 1.01. The van der Waals surface area contributed by atoms with Gasteiger partial charge in [-0.15, -0.1) is 0 Å². The van der Waals surface area contributed by atoms with Gasteiger partial charge in [-0.25, -0.2) is 0 Å². The summed E-state index contributed by atoms with van der Waals surface area (Å²) in [5.74, 6) is 1.66. The van der Waals surface area contributed by atoms with Crippen LogP contribution in [0.2, 0.25) is 0 Å². The normalized spacial score (nSPS) is 10.5. The SMILES string of the molecule is COc1cc(C)c(OCCO)c2ccccc12. The molecule has 2 aromatic rings. The molecule has 3 heteroatoms. The van der Waals surface area contributed by atoms with Crippen molar-refractivity contribution < 1.29 is 14.6 Å². The molecule has 17 heavy (non-hydrogen) atoms. The fraction of sp³-hybridized carbons (Fsp3) is 0.286. The average Bonchev–Trinajstić information content (AvgIpc) is 2.37. The molecule has 0 heterocycles. The molecule has 0 radical (unpaired) electrons. The third-order valence-electron chi connectivity index (χ3n) is 2.70. The topological polar surface area (TPSA) is 38.7 Å². The third-order valence-corrected chi connectivity index (χ3v) is 2.70. The first-order valence-electron chi connectivity index (χ1n) is 5.58. The minimum absolute atomic E-state index is 0.0137. The molecule has 0 aromatic heterocycles. The van der Waals surface area contributed by atoms with Gasteiger partial charge in [0.2, 0.25) is 0 Å². The lowest BCUT2D eigenvalue weighted by Gasteiger charge is -2.14. The Bertz CT molecular complexity index is 520. The van der Waals surface area contributed by atoms with Crippen molar-refractivity contribution in [1.82, 2.24) is 0 Å². The average molecular weight is 232 g/mol. The van der Waals surface area contributed by atoms with Crippen LogP contribution in [0.15, 0.2) is 30.3 Å². The van der Waals surface area contributed by atoms with Crippen molar-refractivity contribution in [2.75, 3.05) is 20.3 Å². The van der Waals surface area contributed by atoms with Gasteiger partial charge in [0.05, 0.1) is 13.7 Å². The van der Waals surface area contributed by atoms with Crippen LogP contribution in [-0.4, -0.2) is 25.4 Å². The van der Waals surface area contributed by atoms with Crippen LogP contribution >= 0.6 is 0 Å². The molecule has 3 nitrogen and oxygen atoms in total. The van der Waals surface area contributed by atoms with E-state index in [1.54, 1.807) is 7.11 Å². The van der Waals surface area contributed by atoms with E-state index in [2.05, 4.69) is 0 Å². The van der Waals surface area contributed by atoms with Crippen molar-refractivity contribution >= 4 is 10.8 Å². The molecule has 0 bridgehead atoms. The van der Waals surface area contributed by atoms with Crippen molar-refractivity contribution in [2.45, 2.75) is 6.92 Å². The minimum Gasteiger partial charge on any atom is -0.496 e. The Morgan fingerprint density at radius 1 is 1.18 bits per heavy atom. The van der Waals surface area contributed by atoms with Crippen molar-refractivity contribution in [3.05, 3.63) is 35.9 Å². The Kier molecular flexibility index (Phi) is 3.49. The Labute approximate surface area is 101 Å². The zero-order chi connectivity index (χ0) is 12.3. The highest BCUT2D eigenvalue weighted by atomic mass is 16.5. The number of aliphatic hydroxyl groups is 1. The molecular formula is C14H16O3. The third kappa shape index (κ3) is 2.19. The highest BCUT2D eigenvalue weighted by Gasteiger charge is 2.10. The van der Waals surface area contributed by atoms with Gasteiger partial charge in [-0.1, -0.05) is 24.3 Å². The standard InChI is InChI=1S/C14H16O3/c1-10-9-13(16-2)11-5-3-4-6-12(11)14(10)17-8-7-15/h3-6,9,15H,7-8H2,1-2H3. The molecule has 0 amide bonds. The second-order valence-corrected chi connectivity index (χ2v) is 3.84.